The highest BCUT2D eigenvalue weighted by Crippen LogP contribution is 2.23. The summed E-state index contributed by atoms with van der Waals surface area (Å²) in [5, 5.41) is 9.06. The van der Waals surface area contributed by atoms with Crippen LogP contribution in [-0.2, 0) is 4.79 Å². The summed E-state index contributed by atoms with van der Waals surface area (Å²) in [6.07, 6.45) is 0.466. The van der Waals surface area contributed by atoms with Crippen LogP contribution in [-0.4, -0.2) is 34.5 Å². The van der Waals surface area contributed by atoms with Crippen LogP contribution < -0.4 is 0 Å². The number of hydrogen-bond donors (Lipinski definition) is 1. The van der Waals surface area contributed by atoms with Crippen molar-refractivity contribution < 1.29 is 14.7 Å². The van der Waals surface area contributed by atoms with Gasteiger partial charge in [-0.2, -0.15) is 0 Å². The van der Waals surface area contributed by atoms with Crippen molar-refractivity contribution in [2.45, 2.75) is 32.7 Å². The largest absolute Gasteiger partial charge is 0.481 e. The number of hydrogen-bond acceptors (Lipinski definition) is 2. The fraction of sp³-hybridized carbons (Fsp3) is 0.429. The summed E-state index contributed by atoms with van der Waals surface area (Å²) >= 11 is 9.38. The third-order valence-electron chi connectivity index (χ3n) is 2.83. The summed E-state index contributed by atoms with van der Waals surface area (Å²) in [6.45, 7) is 4.18. The van der Waals surface area contributed by atoms with Crippen LogP contribution in [0.2, 0.25) is 5.02 Å². The molecule has 1 rings (SSSR count). The van der Waals surface area contributed by atoms with Gasteiger partial charge in [0.05, 0.1) is 10.6 Å². The summed E-state index contributed by atoms with van der Waals surface area (Å²) in [5.41, 5.74) is 0.421. The lowest BCUT2D eigenvalue weighted by Gasteiger charge is -2.27. The Morgan fingerprint density at radius 1 is 1.40 bits per heavy atom. The van der Waals surface area contributed by atoms with Crippen molar-refractivity contribution in [1.29, 1.82) is 0 Å². The highest BCUT2D eigenvalue weighted by molar-refractivity contribution is 9.10. The van der Waals surface area contributed by atoms with Crippen LogP contribution in [0.5, 0.6) is 0 Å². The van der Waals surface area contributed by atoms with E-state index in [9.17, 15) is 9.59 Å². The van der Waals surface area contributed by atoms with Gasteiger partial charge in [0.25, 0.3) is 5.91 Å². The highest BCUT2D eigenvalue weighted by atomic mass is 79.9. The average molecular weight is 363 g/mol. The van der Waals surface area contributed by atoms with Crippen molar-refractivity contribution in [3.8, 4) is 0 Å². The van der Waals surface area contributed by atoms with E-state index in [-0.39, 0.29) is 18.4 Å². The number of halogens is 2. The lowest BCUT2D eigenvalue weighted by molar-refractivity contribution is -0.137. The summed E-state index contributed by atoms with van der Waals surface area (Å²) in [5.74, 6) is -1.04. The number of aliphatic carboxylic acids is 1. The molecule has 4 nitrogen and oxygen atoms in total. The predicted octanol–water partition coefficient (Wildman–Crippen LogP) is 3.82. The SMILES string of the molecule is CC(C)N(CCCC(=O)O)C(=O)c1cc(Br)ccc1Cl. The molecule has 1 amide bonds. The molecule has 1 N–H and O–H groups in total. The van der Waals surface area contributed by atoms with E-state index >= 15 is 0 Å². The molecule has 1 aromatic carbocycles. The van der Waals surface area contributed by atoms with Crippen LogP contribution in [0.3, 0.4) is 0 Å². The van der Waals surface area contributed by atoms with Crippen molar-refractivity contribution >= 4 is 39.4 Å². The topological polar surface area (TPSA) is 57.6 Å². The second-order valence-corrected chi connectivity index (χ2v) is 6.04. The smallest absolute Gasteiger partial charge is 0.303 e. The normalized spacial score (nSPS) is 10.7. The second-order valence-electron chi connectivity index (χ2n) is 4.71. The molecule has 0 aliphatic rings. The Morgan fingerprint density at radius 3 is 2.60 bits per heavy atom. The predicted molar refractivity (Wildman–Crippen MR) is 82.2 cm³/mol. The van der Waals surface area contributed by atoms with Gasteiger partial charge in [0.1, 0.15) is 0 Å². The Morgan fingerprint density at radius 2 is 2.05 bits per heavy atom. The molecule has 0 bridgehead atoms. The Labute approximate surface area is 131 Å². The minimum absolute atomic E-state index is 0.0219. The third-order valence-corrected chi connectivity index (χ3v) is 3.66. The molecule has 0 aliphatic heterocycles. The van der Waals surface area contributed by atoms with Crippen LogP contribution in [0, 0.1) is 0 Å². The van der Waals surface area contributed by atoms with Gasteiger partial charge in [0.15, 0.2) is 0 Å². The van der Waals surface area contributed by atoms with Gasteiger partial charge in [-0.15, -0.1) is 0 Å². The molecule has 0 fully saturated rings. The minimum atomic E-state index is -0.860. The quantitative estimate of drug-likeness (QED) is 0.837. The van der Waals surface area contributed by atoms with Crippen molar-refractivity contribution in [1.82, 2.24) is 4.90 Å². The average Bonchev–Trinajstić information content (AvgIpc) is 2.36. The van der Waals surface area contributed by atoms with E-state index in [2.05, 4.69) is 15.9 Å². The van der Waals surface area contributed by atoms with Crippen molar-refractivity contribution in [3.05, 3.63) is 33.3 Å². The van der Waals surface area contributed by atoms with Crippen LogP contribution in [0.1, 0.15) is 37.0 Å². The van der Waals surface area contributed by atoms with Gasteiger partial charge in [-0.25, -0.2) is 0 Å². The molecule has 0 saturated carbocycles. The number of carbonyl (C=O) groups excluding carboxylic acids is 1. The van der Waals surface area contributed by atoms with Crippen LogP contribution >= 0.6 is 27.5 Å². The number of carboxylic acids is 1. The molecule has 0 heterocycles. The summed E-state index contributed by atoms with van der Waals surface area (Å²) in [6, 6.07) is 5.08. The van der Waals surface area contributed by atoms with Gasteiger partial charge < -0.3 is 10.0 Å². The first-order chi connectivity index (χ1) is 9.32. The minimum Gasteiger partial charge on any atom is -0.481 e. The standard InChI is InChI=1S/C14H17BrClNO3/c1-9(2)17(7-3-4-13(18)19)14(20)11-8-10(15)5-6-12(11)16/h5-6,8-9H,3-4,7H2,1-2H3,(H,18,19). The van der Waals surface area contributed by atoms with Gasteiger partial charge >= 0.3 is 5.97 Å². The third kappa shape index (κ3) is 4.80. The Bertz CT molecular complexity index is 505. The molecule has 0 radical (unpaired) electrons. The number of amides is 1. The maximum Gasteiger partial charge on any atom is 0.303 e. The zero-order valence-electron chi connectivity index (χ0n) is 11.4. The van der Waals surface area contributed by atoms with E-state index in [0.29, 0.717) is 23.6 Å². The second kappa shape index (κ2) is 7.64. The Balaban J connectivity index is 2.88. The summed E-state index contributed by atoms with van der Waals surface area (Å²) in [4.78, 5) is 24.7. The number of nitrogens with zero attached hydrogens (tertiary/aromatic N) is 1. The molecule has 6 heteroatoms. The maximum atomic E-state index is 12.5. The van der Waals surface area contributed by atoms with Gasteiger partial charge in [0.2, 0.25) is 0 Å². The fourth-order valence-corrected chi connectivity index (χ4v) is 2.37. The first-order valence-electron chi connectivity index (χ1n) is 6.30. The molecular formula is C14H17BrClNO3. The number of benzene rings is 1. The van der Waals surface area contributed by atoms with E-state index in [0.717, 1.165) is 4.47 Å². The van der Waals surface area contributed by atoms with Gasteiger partial charge in [-0.3, -0.25) is 9.59 Å². The Hall–Kier alpha value is -1.07. The molecule has 110 valence electrons. The summed E-state index contributed by atoms with van der Waals surface area (Å²) in [7, 11) is 0. The van der Waals surface area contributed by atoms with Crippen LogP contribution in [0.15, 0.2) is 22.7 Å². The molecule has 0 aromatic heterocycles. The maximum absolute atomic E-state index is 12.5. The van der Waals surface area contributed by atoms with E-state index in [1.807, 2.05) is 13.8 Å². The zero-order chi connectivity index (χ0) is 15.3. The Kier molecular flexibility index (Phi) is 6.49. The van der Waals surface area contributed by atoms with E-state index in [4.69, 9.17) is 16.7 Å². The molecule has 0 saturated heterocycles. The van der Waals surface area contributed by atoms with Crippen molar-refractivity contribution in [3.63, 3.8) is 0 Å². The van der Waals surface area contributed by atoms with E-state index < -0.39 is 5.97 Å². The molecule has 1 aromatic rings. The monoisotopic (exact) mass is 361 g/mol. The van der Waals surface area contributed by atoms with E-state index in [1.54, 1.807) is 23.1 Å². The van der Waals surface area contributed by atoms with Gasteiger partial charge in [-0.1, -0.05) is 27.5 Å². The molecule has 0 atom stereocenters. The van der Waals surface area contributed by atoms with Crippen LogP contribution in [0.25, 0.3) is 0 Å². The summed E-state index contributed by atoms with van der Waals surface area (Å²) < 4.78 is 0.777. The molecule has 0 aliphatic carbocycles. The number of carboxylic acid groups (broad SMARTS) is 1. The van der Waals surface area contributed by atoms with Gasteiger partial charge in [0, 0.05) is 23.5 Å². The fourth-order valence-electron chi connectivity index (χ4n) is 1.81. The molecule has 0 spiro atoms. The number of rotatable bonds is 6. The zero-order valence-corrected chi connectivity index (χ0v) is 13.7. The number of carbonyl (C=O) groups is 2. The highest BCUT2D eigenvalue weighted by Gasteiger charge is 2.21. The molecule has 0 unspecified atom stereocenters. The first-order valence-corrected chi connectivity index (χ1v) is 7.48. The van der Waals surface area contributed by atoms with Gasteiger partial charge in [-0.05, 0) is 38.5 Å². The first kappa shape index (κ1) is 17.0. The van der Waals surface area contributed by atoms with Crippen LogP contribution in [0.4, 0.5) is 0 Å². The molecule has 20 heavy (non-hydrogen) atoms. The molecular weight excluding hydrogens is 346 g/mol. The lowest BCUT2D eigenvalue weighted by Crippen LogP contribution is -2.38. The van der Waals surface area contributed by atoms with Crippen molar-refractivity contribution in [2.75, 3.05) is 6.54 Å². The lowest BCUT2D eigenvalue weighted by atomic mass is 10.1. The van der Waals surface area contributed by atoms with E-state index in [1.165, 1.54) is 0 Å². The van der Waals surface area contributed by atoms with Crippen molar-refractivity contribution in [2.24, 2.45) is 0 Å².